The Morgan fingerprint density at radius 3 is 2.70 bits per heavy atom. The summed E-state index contributed by atoms with van der Waals surface area (Å²) in [4.78, 5) is 17.0. The van der Waals surface area contributed by atoms with Crippen LogP contribution in [0.4, 0.5) is 5.82 Å². The van der Waals surface area contributed by atoms with Crippen molar-refractivity contribution in [1.29, 1.82) is 0 Å². The molecule has 5 nitrogen and oxygen atoms in total. The van der Waals surface area contributed by atoms with E-state index >= 15 is 0 Å². The fraction of sp³-hybridized carbons (Fsp3) is 0.588. The minimum Gasteiger partial charge on any atom is -0.356 e. The molecule has 1 fully saturated rings. The van der Waals surface area contributed by atoms with Crippen molar-refractivity contribution in [3.63, 3.8) is 0 Å². The second-order valence-corrected chi connectivity index (χ2v) is 7.39. The lowest BCUT2D eigenvalue weighted by Crippen LogP contribution is -2.42. The number of anilines is 1. The molecule has 0 aliphatic carbocycles. The summed E-state index contributed by atoms with van der Waals surface area (Å²) < 4.78 is 0. The van der Waals surface area contributed by atoms with Gasteiger partial charge in [-0.05, 0) is 33.1 Å². The minimum atomic E-state index is 0.584. The van der Waals surface area contributed by atoms with Crippen LogP contribution in [0.3, 0.4) is 0 Å². The number of hydrogen-bond acceptors (Lipinski definition) is 6. The van der Waals surface area contributed by atoms with Crippen LogP contribution in [0.25, 0.3) is 0 Å². The highest BCUT2D eigenvalue weighted by atomic mass is 32.1. The zero-order valence-electron chi connectivity index (χ0n) is 14.2. The summed E-state index contributed by atoms with van der Waals surface area (Å²) in [5.74, 6) is 1.07. The molecule has 1 saturated heterocycles. The Morgan fingerprint density at radius 2 is 2.04 bits per heavy atom. The third-order valence-corrected chi connectivity index (χ3v) is 5.51. The molecular formula is C17H25N5S. The second kappa shape index (κ2) is 7.36. The van der Waals surface area contributed by atoms with Crippen LogP contribution in [0.1, 0.15) is 41.0 Å². The monoisotopic (exact) mass is 331 g/mol. The van der Waals surface area contributed by atoms with Crippen LogP contribution in [-0.4, -0.2) is 34.1 Å². The third-order valence-electron chi connectivity index (χ3n) is 4.44. The number of nitrogens with zero attached hydrogens (tertiary/aromatic N) is 4. The first-order valence-electron chi connectivity index (χ1n) is 8.38. The van der Waals surface area contributed by atoms with Crippen molar-refractivity contribution in [3.8, 4) is 0 Å². The van der Waals surface area contributed by atoms with Crippen molar-refractivity contribution in [2.24, 2.45) is 0 Å². The maximum atomic E-state index is 4.50. The predicted molar refractivity (Wildman–Crippen MR) is 95.1 cm³/mol. The van der Waals surface area contributed by atoms with E-state index < -0.39 is 0 Å². The van der Waals surface area contributed by atoms with Gasteiger partial charge in [0.2, 0.25) is 0 Å². The first kappa shape index (κ1) is 16.3. The van der Waals surface area contributed by atoms with Gasteiger partial charge in [0.15, 0.2) is 0 Å². The molecule has 0 atom stereocenters. The Hall–Kier alpha value is -1.53. The standard InChI is InChI=1S/C17H25N5S/c1-4-14-9-17(20-11-19-14)22-7-5-15(6-8-22)18-10-16-12(2)21-13(3)23-16/h9,11,15,18H,4-8,10H2,1-3H3. The number of aromatic nitrogens is 3. The molecule has 6 heteroatoms. The molecule has 2 aromatic rings. The maximum absolute atomic E-state index is 4.50. The number of thiazole rings is 1. The number of hydrogen-bond donors (Lipinski definition) is 1. The van der Waals surface area contributed by atoms with Crippen LogP contribution < -0.4 is 10.2 Å². The van der Waals surface area contributed by atoms with Crippen molar-refractivity contribution >= 4 is 17.2 Å². The van der Waals surface area contributed by atoms with Gasteiger partial charge in [0.05, 0.1) is 10.7 Å². The Labute approximate surface area is 142 Å². The predicted octanol–water partition coefficient (Wildman–Crippen LogP) is 2.87. The largest absolute Gasteiger partial charge is 0.356 e. The summed E-state index contributed by atoms with van der Waals surface area (Å²) in [6.07, 6.45) is 4.96. The summed E-state index contributed by atoms with van der Waals surface area (Å²) in [5.41, 5.74) is 2.29. The lowest BCUT2D eigenvalue weighted by molar-refractivity contribution is 0.413. The zero-order chi connectivity index (χ0) is 16.2. The lowest BCUT2D eigenvalue weighted by Gasteiger charge is -2.33. The SMILES string of the molecule is CCc1cc(N2CCC(NCc3sc(C)nc3C)CC2)ncn1. The quantitative estimate of drug-likeness (QED) is 0.913. The molecule has 1 aliphatic rings. The molecule has 1 N–H and O–H groups in total. The Bertz CT molecular complexity index is 646. The van der Waals surface area contributed by atoms with E-state index in [4.69, 9.17) is 0 Å². The zero-order valence-corrected chi connectivity index (χ0v) is 15.0. The summed E-state index contributed by atoms with van der Waals surface area (Å²) in [6, 6.07) is 2.71. The molecule has 1 aliphatic heterocycles. The van der Waals surface area contributed by atoms with E-state index in [2.05, 4.69) is 52.0 Å². The van der Waals surface area contributed by atoms with Crippen LogP contribution in [0.15, 0.2) is 12.4 Å². The lowest BCUT2D eigenvalue weighted by atomic mass is 10.0. The van der Waals surface area contributed by atoms with Crippen molar-refractivity contribution < 1.29 is 0 Å². The number of piperidine rings is 1. The summed E-state index contributed by atoms with van der Waals surface area (Å²) in [7, 11) is 0. The van der Waals surface area contributed by atoms with E-state index in [9.17, 15) is 0 Å². The fourth-order valence-corrected chi connectivity index (χ4v) is 3.93. The van der Waals surface area contributed by atoms with Gasteiger partial charge in [-0.3, -0.25) is 0 Å². The van der Waals surface area contributed by atoms with E-state index in [0.29, 0.717) is 6.04 Å². The average Bonchev–Trinajstić information content (AvgIpc) is 2.91. The van der Waals surface area contributed by atoms with Crippen molar-refractivity contribution in [2.45, 2.75) is 52.6 Å². The molecule has 3 rings (SSSR count). The van der Waals surface area contributed by atoms with Crippen LogP contribution in [-0.2, 0) is 13.0 Å². The van der Waals surface area contributed by atoms with Gasteiger partial charge < -0.3 is 10.2 Å². The van der Waals surface area contributed by atoms with Crippen molar-refractivity contribution in [2.75, 3.05) is 18.0 Å². The normalized spacial score (nSPS) is 16.0. The van der Waals surface area contributed by atoms with Gasteiger partial charge in [-0.1, -0.05) is 6.92 Å². The van der Waals surface area contributed by atoms with Gasteiger partial charge in [0.1, 0.15) is 12.1 Å². The molecule has 0 spiro atoms. The van der Waals surface area contributed by atoms with E-state index in [1.165, 1.54) is 10.6 Å². The highest BCUT2D eigenvalue weighted by Gasteiger charge is 2.20. The van der Waals surface area contributed by atoms with Crippen LogP contribution in [0.2, 0.25) is 0 Å². The minimum absolute atomic E-state index is 0.584. The number of nitrogens with one attached hydrogen (secondary N) is 1. The van der Waals surface area contributed by atoms with Gasteiger partial charge in [0.25, 0.3) is 0 Å². The van der Waals surface area contributed by atoms with Gasteiger partial charge in [0, 0.05) is 42.3 Å². The highest BCUT2D eigenvalue weighted by Crippen LogP contribution is 2.20. The van der Waals surface area contributed by atoms with Gasteiger partial charge in [-0.15, -0.1) is 11.3 Å². The third kappa shape index (κ3) is 4.06. The van der Waals surface area contributed by atoms with E-state index in [1.54, 1.807) is 17.7 Å². The second-order valence-electron chi connectivity index (χ2n) is 6.10. The number of rotatable bonds is 5. The molecule has 23 heavy (non-hydrogen) atoms. The van der Waals surface area contributed by atoms with E-state index in [0.717, 1.165) is 55.4 Å². The Morgan fingerprint density at radius 1 is 1.26 bits per heavy atom. The van der Waals surface area contributed by atoms with Crippen molar-refractivity contribution in [3.05, 3.63) is 33.7 Å². The summed E-state index contributed by atoms with van der Waals surface area (Å²) >= 11 is 1.80. The van der Waals surface area contributed by atoms with Gasteiger partial charge in [-0.25, -0.2) is 15.0 Å². The molecule has 2 aromatic heterocycles. The molecule has 0 unspecified atom stereocenters. The maximum Gasteiger partial charge on any atom is 0.132 e. The first-order chi connectivity index (χ1) is 11.2. The smallest absolute Gasteiger partial charge is 0.132 e. The molecule has 0 bridgehead atoms. The summed E-state index contributed by atoms with van der Waals surface area (Å²) in [6.45, 7) is 9.35. The average molecular weight is 331 g/mol. The fourth-order valence-electron chi connectivity index (χ4n) is 3.04. The number of aryl methyl sites for hydroxylation is 3. The van der Waals surface area contributed by atoms with Crippen LogP contribution in [0.5, 0.6) is 0 Å². The molecule has 0 radical (unpaired) electrons. The molecule has 0 amide bonds. The first-order valence-corrected chi connectivity index (χ1v) is 9.19. The molecule has 0 saturated carbocycles. The summed E-state index contributed by atoms with van der Waals surface area (Å²) in [5, 5.41) is 4.85. The molecule has 124 valence electrons. The molecular weight excluding hydrogens is 306 g/mol. The molecule has 3 heterocycles. The van der Waals surface area contributed by atoms with E-state index in [-0.39, 0.29) is 0 Å². The van der Waals surface area contributed by atoms with E-state index in [1.807, 2.05) is 0 Å². The topological polar surface area (TPSA) is 53.9 Å². The van der Waals surface area contributed by atoms with Crippen molar-refractivity contribution in [1.82, 2.24) is 20.3 Å². The van der Waals surface area contributed by atoms with Gasteiger partial charge in [-0.2, -0.15) is 0 Å². The highest BCUT2D eigenvalue weighted by molar-refractivity contribution is 7.11. The van der Waals surface area contributed by atoms with Crippen LogP contribution in [0, 0.1) is 13.8 Å². The van der Waals surface area contributed by atoms with Crippen LogP contribution >= 0.6 is 11.3 Å². The van der Waals surface area contributed by atoms with Gasteiger partial charge >= 0.3 is 0 Å². The molecule has 0 aromatic carbocycles. The Balaban J connectivity index is 1.51. The Kier molecular flexibility index (Phi) is 5.23.